The van der Waals surface area contributed by atoms with Crippen molar-refractivity contribution < 1.29 is 41.4 Å². The van der Waals surface area contributed by atoms with E-state index in [4.69, 9.17) is 9.15 Å². The van der Waals surface area contributed by atoms with Gasteiger partial charge >= 0.3 is 12.1 Å². The van der Waals surface area contributed by atoms with Gasteiger partial charge in [0.1, 0.15) is 35.5 Å². The lowest BCUT2D eigenvalue weighted by atomic mass is 9.98. The molecule has 1 aliphatic heterocycles. The molecule has 0 bridgehead atoms. The molecule has 1 amide bonds. The quantitative estimate of drug-likeness (QED) is 0.460. The van der Waals surface area contributed by atoms with Crippen LogP contribution in [0.2, 0.25) is 0 Å². The highest BCUT2D eigenvalue weighted by atomic mass is 19.4. The molecule has 1 saturated heterocycles. The molecule has 0 aliphatic carbocycles. The standard InChI is InChI=1S/C24H24F4N2O5/c1-23(2,25)11-17(22(32)33)29-21(24(26,27)28)13-3-5-15-16-10-14(30-7-8-34-12-20(30)31)4-6-18(16)35-19(15)9-13/h3-6,9-10,17,21,29H,7-8,11-12H2,1-2H3,(H,32,33). The van der Waals surface area contributed by atoms with Crippen LogP contribution >= 0.6 is 0 Å². The second-order valence-electron chi connectivity index (χ2n) is 9.09. The first-order valence-corrected chi connectivity index (χ1v) is 10.9. The molecule has 0 spiro atoms. The molecule has 188 valence electrons. The van der Waals surface area contributed by atoms with Gasteiger partial charge in [0.25, 0.3) is 5.91 Å². The molecule has 2 aromatic carbocycles. The number of nitrogens with one attached hydrogen (secondary N) is 1. The molecule has 11 heteroatoms. The number of anilines is 1. The molecular weight excluding hydrogens is 472 g/mol. The van der Waals surface area contributed by atoms with Crippen LogP contribution in [0.4, 0.5) is 23.2 Å². The number of carbonyl (C=O) groups is 2. The number of rotatable bonds is 7. The Morgan fingerprint density at radius 1 is 1.11 bits per heavy atom. The minimum Gasteiger partial charge on any atom is -0.480 e. The Kier molecular flexibility index (Phi) is 6.50. The van der Waals surface area contributed by atoms with Crippen LogP contribution in [-0.4, -0.2) is 54.6 Å². The van der Waals surface area contributed by atoms with E-state index in [1.165, 1.54) is 18.2 Å². The predicted molar refractivity (Wildman–Crippen MR) is 120 cm³/mol. The van der Waals surface area contributed by atoms with Crippen LogP contribution in [0.5, 0.6) is 0 Å². The van der Waals surface area contributed by atoms with Crippen molar-refractivity contribution in [2.45, 2.75) is 44.2 Å². The van der Waals surface area contributed by atoms with Gasteiger partial charge in [-0.25, -0.2) is 4.39 Å². The van der Waals surface area contributed by atoms with E-state index in [9.17, 15) is 32.3 Å². The molecule has 1 aromatic heterocycles. The number of halogens is 4. The van der Waals surface area contributed by atoms with Crippen LogP contribution < -0.4 is 10.2 Å². The summed E-state index contributed by atoms with van der Waals surface area (Å²) in [6, 6.07) is 4.81. The number of aliphatic carboxylic acids is 1. The minimum absolute atomic E-state index is 0.0315. The van der Waals surface area contributed by atoms with E-state index in [1.807, 2.05) is 0 Å². The van der Waals surface area contributed by atoms with Crippen LogP contribution in [0.3, 0.4) is 0 Å². The average Bonchev–Trinajstić information content (AvgIpc) is 3.12. The number of carboxylic acid groups (broad SMARTS) is 1. The molecule has 2 heterocycles. The monoisotopic (exact) mass is 496 g/mol. The SMILES string of the molecule is CC(C)(F)CC(NC(c1ccc2c(c1)oc1ccc(N3CCOCC3=O)cc12)C(F)(F)F)C(=O)O. The van der Waals surface area contributed by atoms with Crippen molar-refractivity contribution >= 4 is 39.5 Å². The summed E-state index contributed by atoms with van der Waals surface area (Å²) in [5, 5.41) is 12.6. The first kappa shape index (κ1) is 24.9. The number of hydrogen-bond acceptors (Lipinski definition) is 5. The second kappa shape index (κ2) is 9.12. The highest BCUT2D eigenvalue weighted by molar-refractivity contribution is 6.07. The van der Waals surface area contributed by atoms with Crippen LogP contribution in [-0.2, 0) is 14.3 Å². The number of morpholine rings is 1. The molecule has 1 fully saturated rings. The molecule has 3 aromatic rings. The normalized spacial score (nSPS) is 17.2. The zero-order chi connectivity index (χ0) is 25.5. The number of carboxylic acids is 1. The van der Waals surface area contributed by atoms with Gasteiger partial charge in [0, 0.05) is 29.4 Å². The summed E-state index contributed by atoms with van der Waals surface area (Å²) in [5.74, 6) is -1.78. The molecule has 7 nitrogen and oxygen atoms in total. The maximum atomic E-state index is 14.0. The highest BCUT2D eigenvalue weighted by Gasteiger charge is 2.44. The lowest BCUT2D eigenvalue weighted by Gasteiger charge is -2.28. The Labute approximate surface area is 197 Å². The van der Waals surface area contributed by atoms with Crippen LogP contribution in [0.1, 0.15) is 31.9 Å². The van der Waals surface area contributed by atoms with Gasteiger partial charge in [-0.3, -0.25) is 14.9 Å². The van der Waals surface area contributed by atoms with Crippen molar-refractivity contribution in [3.8, 4) is 0 Å². The van der Waals surface area contributed by atoms with Crippen LogP contribution in [0, 0.1) is 0 Å². The topological polar surface area (TPSA) is 92.0 Å². The lowest BCUT2D eigenvalue weighted by Crippen LogP contribution is -2.47. The zero-order valence-corrected chi connectivity index (χ0v) is 19.0. The number of ether oxygens (including phenoxy) is 1. The third-order valence-electron chi connectivity index (χ3n) is 5.79. The molecule has 35 heavy (non-hydrogen) atoms. The largest absolute Gasteiger partial charge is 0.480 e. The van der Waals surface area contributed by atoms with Gasteiger partial charge in [-0.15, -0.1) is 0 Å². The summed E-state index contributed by atoms with van der Waals surface area (Å²) < 4.78 is 66.7. The summed E-state index contributed by atoms with van der Waals surface area (Å²) in [6.07, 6.45) is -5.50. The van der Waals surface area contributed by atoms with Crippen molar-refractivity contribution in [3.05, 3.63) is 42.0 Å². The molecule has 2 N–H and O–H groups in total. The first-order chi connectivity index (χ1) is 16.3. The fourth-order valence-corrected chi connectivity index (χ4v) is 4.20. The number of fused-ring (bicyclic) bond motifs is 3. The number of nitrogens with zero attached hydrogens (tertiary/aromatic N) is 1. The predicted octanol–water partition coefficient (Wildman–Crippen LogP) is 4.73. The summed E-state index contributed by atoms with van der Waals surface area (Å²) in [4.78, 5) is 25.3. The van der Waals surface area contributed by atoms with Crippen molar-refractivity contribution in [2.24, 2.45) is 0 Å². The number of hydrogen-bond donors (Lipinski definition) is 2. The number of alkyl halides is 4. The maximum absolute atomic E-state index is 14.0. The molecule has 0 saturated carbocycles. The van der Waals surface area contributed by atoms with E-state index >= 15 is 0 Å². The molecule has 1 aliphatic rings. The van der Waals surface area contributed by atoms with Crippen molar-refractivity contribution in [1.29, 1.82) is 0 Å². The highest BCUT2D eigenvalue weighted by Crippen LogP contribution is 2.38. The van der Waals surface area contributed by atoms with Crippen molar-refractivity contribution in [2.75, 3.05) is 24.7 Å². The molecule has 0 radical (unpaired) electrons. The van der Waals surface area contributed by atoms with E-state index in [0.717, 1.165) is 13.8 Å². The summed E-state index contributed by atoms with van der Waals surface area (Å²) in [5.41, 5.74) is -1.06. The lowest BCUT2D eigenvalue weighted by molar-refractivity contribution is -0.164. The van der Waals surface area contributed by atoms with Crippen molar-refractivity contribution in [1.82, 2.24) is 5.32 Å². The van der Waals surface area contributed by atoms with E-state index in [1.54, 1.807) is 23.1 Å². The van der Waals surface area contributed by atoms with Crippen LogP contribution in [0.15, 0.2) is 40.8 Å². The maximum Gasteiger partial charge on any atom is 0.407 e. The third-order valence-corrected chi connectivity index (χ3v) is 5.79. The smallest absolute Gasteiger partial charge is 0.407 e. The van der Waals surface area contributed by atoms with Gasteiger partial charge in [0.15, 0.2) is 0 Å². The molecular formula is C24H24F4N2O5. The van der Waals surface area contributed by atoms with Gasteiger partial charge in [0.2, 0.25) is 0 Å². The van der Waals surface area contributed by atoms with E-state index in [-0.39, 0.29) is 23.7 Å². The summed E-state index contributed by atoms with van der Waals surface area (Å²) >= 11 is 0. The molecule has 2 unspecified atom stereocenters. The molecule has 2 atom stereocenters. The van der Waals surface area contributed by atoms with E-state index < -0.39 is 36.3 Å². The Bertz CT molecular complexity index is 1260. The average molecular weight is 496 g/mol. The first-order valence-electron chi connectivity index (χ1n) is 10.9. The van der Waals surface area contributed by atoms with E-state index in [0.29, 0.717) is 35.2 Å². The zero-order valence-electron chi connectivity index (χ0n) is 19.0. The Morgan fingerprint density at radius 2 is 1.86 bits per heavy atom. The van der Waals surface area contributed by atoms with Gasteiger partial charge < -0.3 is 19.2 Å². The van der Waals surface area contributed by atoms with Crippen LogP contribution in [0.25, 0.3) is 21.9 Å². The second-order valence-corrected chi connectivity index (χ2v) is 9.09. The Morgan fingerprint density at radius 3 is 2.49 bits per heavy atom. The summed E-state index contributed by atoms with van der Waals surface area (Å²) in [6.45, 7) is 2.95. The van der Waals surface area contributed by atoms with E-state index in [2.05, 4.69) is 5.32 Å². The number of benzene rings is 2. The van der Waals surface area contributed by atoms with Crippen molar-refractivity contribution in [3.63, 3.8) is 0 Å². The van der Waals surface area contributed by atoms with Gasteiger partial charge in [-0.2, -0.15) is 13.2 Å². The fraction of sp³-hybridized carbons (Fsp3) is 0.417. The number of carbonyl (C=O) groups excluding carboxylic acids is 1. The van der Waals surface area contributed by atoms with Gasteiger partial charge in [-0.1, -0.05) is 12.1 Å². The number of furan rings is 1. The number of amides is 1. The molecule has 4 rings (SSSR count). The third kappa shape index (κ3) is 5.40. The Hall–Kier alpha value is -3.18. The van der Waals surface area contributed by atoms with Gasteiger partial charge in [0.05, 0.1) is 6.61 Å². The fourth-order valence-electron chi connectivity index (χ4n) is 4.20. The summed E-state index contributed by atoms with van der Waals surface area (Å²) in [7, 11) is 0. The van der Waals surface area contributed by atoms with Gasteiger partial charge in [-0.05, 0) is 43.7 Å². The Balaban J connectivity index is 1.71. The minimum atomic E-state index is -4.85.